The molecule has 1 aromatic heterocycles. The lowest BCUT2D eigenvalue weighted by atomic mass is 10.2. The van der Waals surface area contributed by atoms with Crippen LogP contribution in [0, 0.1) is 0 Å². The van der Waals surface area contributed by atoms with Crippen molar-refractivity contribution in [2.45, 2.75) is 0 Å². The van der Waals surface area contributed by atoms with Gasteiger partial charge in [-0.1, -0.05) is 36.4 Å². The number of benzene rings is 1. The summed E-state index contributed by atoms with van der Waals surface area (Å²) in [5.74, 6) is -0.427. The van der Waals surface area contributed by atoms with E-state index in [1.165, 1.54) is 6.07 Å². The first-order valence-electron chi connectivity index (χ1n) is 8.11. The van der Waals surface area contributed by atoms with Crippen molar-refractivity contribution in [1.82, 2.24) is 9.88 Å². The van der Waals surface area contributed by atoms with Gasteiger partial charge in [0, 0.05) is 32.3 Å². The largest absolute Gasteiger partial charge is 0.477 e. The maximum Gasteiger partial charge on any atom is 0.354 e. The fraction of sp³-hybridized carbons (Fsp3) is 0.211. The molecular formula is C19H19N3O3. The number of carboxylic acids is 1. The predicted molar refractivity (Wildman–Crippen MR) is 95.5 cm³/mol. The van der Waals surface area contributed by atoms with E-state index in [0.717, 1.165) is 5.56 Å². The lowest BCUT2D eigenvalue weighted by Gasteiger charge is -2.35. The number of hydrogen-bond donors (Lipinski definition) is 1. The van der Waals surface area contributed by atoms with Crippen molar-refractivity contribution in [2.24, 2.45) is 0 Å². The number of aromatic carboxylic acids is 1. The number of amides is 1. The lowest BCUT2D eigenvalue weighted by Crippen LogP contribution is -2.48. The molecule has 6 nitrogen and oxygen atoms in total. The minimum atomic E-state index is -1.04. The summed E-state index contributed by atoms with van der Waals surface area (Å²) in [4.78, 5) is 31.2. The van der Waals surface area contributed by atoms with E-state index in [2.05, 4.69) is 4.98 Å². The second-order valence-electron chi connectivity index (χ2n) is 5.74. The van der Waals surface area contributed by atoms with E-state index < -0.39 is 5.97 Å². The molecule has 0 unspecified atom stereocenters. The Balaban J connectivity index is 1.58. The van der Waals surface area contributed by atoms with Gasteiger partial charge in [0.05, 0.1) is 0 Å². The van der Waals surface area contributed by atoms with Crippen molar-refractivity contribution in [3.63, 3.8) is 0 Å². The molecule has 1 saturated heterocycles. The number of carbonyl (C=O) groups is 2. The van der Waals surface area contributed by atoms with Crippen molar-refractivity contribution < 1.29 is 14.7 Å². The van der Waals surface area contributed by atoms with Gasteiger partial charge in [-0.25, -0.2) is 9.78 Å². The molecule has 2 heterocycles. The highest BCUT2D eigenvalue weighted by molar-refractivity contribution is 5.92. The molecular weight excluding hydrogens is 318 g/mol. The molecule has 0 radical (unpaired) electrons. The predicted octanol–water partition coefficient (Wildman–Crippen LogP) is 2.14. The highest BCUT2D eigenvalue weighted by Gasteiger charge is 2.21. The molecule has 128 valence electrons. The van der Waals surface area contributed by atoms with Crippen LogP contribution in [0.1, 0.15) is 16.1 Å². The van der Waals surface area contributed by atoms with E-state index in [1.54, 1.807) is 23.1 Å². The number of carboxylic acid groups (broad SMARTS) is 1. The van der Waals surface area contributed by atoms with Crippen molar-refractivity contribution in [1.29, 1.82) is 0 Å². The summed E-state index contributed by atoms with van der Waals surface area (Å²) >= 11 is 0. The fourth-order valence-electron chi connectivity index (χ4n) is 2.71. The summed E-state index contributed by atoms with van der Waals surface area (Å²) in [5, 5.41) is 9.03. The zero-order valence-electron chi connectivity index (χ0n) is 13.7. The average Bonchev–Trinajstić information content (AvgIpc) is 2.67. The molecule has 3 rings (SSSR count). The molecule has 2 aromatic rings. The summed E-state index contributed by atoms with van der Waals surface area (Å²) in [6, 6.07) is 14.6. The Morgan fingerprint density at radius 1 is 0.960 bits per heavy atom. The van der Waals surface area contributed by atoms with Crippen LogP contribution in [-0.4, -0.2) is 53.0 Å². The van der Waals surface area contributed by atoms with Crippen molar-refractivity contribution >= 4 is 23.8 Å². The maximum atomic E-state index is 12.3. The number of piperazine rings is 1. The van der Waals surface area contributed by atoms with Crippen LogP contribution < -0.4 is 4.90 Å². The molecule has 0 atom stereocenters. The third-order valence-corrected chi connectivity index (χ3v) is 4.09. The Morgan fingerprint density at radius 2 is 1.68 bits per heavy atom. The van der Waals surface area contributed by atoms with Gasteiger partial charge in [-0.05, 0) is 23.8 Å². The number of nitrogens with zero attached hydrogens (tertiary/aromatic N) is 3. The summed E-state index contributed by atoms with van der Waals surface area (Å²) < 4.78 is 0. The van der Waals surface area contributed by atoms with Gasteiger partial charge in [-0.2, -0.15) is 0 Å². The number of anilines is 1. The Kier molecular flexibility index (Phi) is 5.09. The van der Waals surface area contributed by atoms with E-state index in [-0.39, 0.29) is 11.6 Å². The average molecular weight is 337 g/mol. The van der Waals surface area contributed by atoms with Gasteiger partial charge in [-0.15, -0.1) is 0 Å². The van der Waals surface area contributed by atoms with Crippen LogP contribution in [0.4, 0.5) is 5.82 Å². The standard InChI is InChI=1S/C19H19N3O3/c23-18(10-9-15-5-2-1-3-6-15)22-13-11-21(12-14-22)17-8-4-7-16(20-17)19(24)25/h1-10H,11-14H2,(H,24,25)/b10-9+. The second-order valence-corrected chi connectivity index (χ2v) is 5.74. The number of hydrogen-bond acceptors (Lipinski definition) is 4. The van der Waals surface area contributed by atoms with Crippen LogP contribution >= 0.6 is 0 Å². The molecule has 6 heteroatoms. The molecule has 1 fully saturated rings. The van der Waals surface area contributed by atoms with E-state index in [0.29, 0.717) is 32.0 Å². The smallest absolute Gasteiger partial charge is 0.354 e. The number of aromatic nitrogens is 1. The Hall–Kier alpha value is -3.15. The van der Waals surface area contributed by atoms with Gasteiger partial charge in [0.1, 0.15) is 5.82 Å². The first-order chi connectivity index (χ1) is 12.1. The van der Waals surface area contributed by atoms with Gasteiger partial charge >= 0.3 is 5.97 Å². The molecule has 1 aromatic carbocycles. The zero-order valence-corrected chi connectivity index (χ0v) is 13.7. The minimum Gasteiger partial charge on any atom is -0.477 e. The normalized spacial score (nSPS) is 14.7. The highest BCUT2D eigenvalue weighted by atomic mass is 16.4. The monoisotopic (exact) mass is 337 g/mol. The first kappa shape index (κ1) is 16.7. The molecule has 1 aliphatic rings. The van der Waals surface area contributed by atoms with Gasteiger partial charge < -0.3 is 14.9 Å². The van der Waals surface area contributed by atoms with Gasteiger partial charge in [-0.3, -0.25) is 4.79 Å². The fourth-order valence-corrected chi connectivity index (χ4v) is 2.71. The zero-order chi connectivity index (χ0) is 17.6. The van der Waals surface area contributed by atoms with Crippen LogP contribution in [0.3, 0.4) is 0 Å². The molecule has 0 spiro atoms. The molecule has 25 heavy (non-hydrogen) atoms. The number of carbonyl (C=O) groups excluding carboxylic acids is 1. The number of rotatable bonds is 4. The summed E-state index contributed by atoms with van der Waals surface area (Å²) in [7, 11) is 0. The second kappa shape index (κ2) is 7.61. The molecule has 0 aliphatic carbocycles. The lowest BCUT2D eigenvalue weighted by molar-refractivity contribution is -0.126. The van der Waals surface area contributed by atoms with E-state index in [9.17, 15) is 9.59 Å². The third-order valence-electron chi connectivity index (χ3n) is 4.09. The van der Waals surface area contributed by atoms with Crippen molar-refractivity contribution in [3.8, 4) is 0 Å². The third kappa shape index (κ3) is 4.23. The van der Waals surface area contributed by atoms with Crippen LogP contribution in [0.25, 0.3) is 6.08 Å². The highest BCUT2D eigenvalue weighted by Crippen LogP contribution is 2.15. The topological polar surface area (TPSA) is 73.7 Å². The van der Waals surface area contributed by atoms with Gasteiger partial charge in [0.25, 0.3) is 0 Å². The van der Waals surface area contributed by atoms with Crippen LogP contribution in [0.2, 0.25) is 0 Å². The molecule has 0 saturated carbocycles. The Morgan fingerprint density at radius 3 is 2.36 bits per heavy atom. The SMILES string of the molecule is O=C(O)c1cccc(N2CCN(C(=O)/C=C/c3ccccc3)CC2)n1. The molecule has 0 bridgehead atoms. The van der Waals surface area contributed by atoms with E-state index in [1.807, 2.05) is 41.3 Å². The summed E-state index contributed by atoms with van der Waals surface area (Å²) in [5.41, 5.74) is 1.02. The first-order valence-corrected chi connectivity index (χ1v) is 8.11. The Bertz CT molecular complexity index is 782. The van der Waals surface area contributed by atoms with Crippen LogP contribution in [0.15, 0.2) is 54.6 Å². The van der Waals surface area contributed by atoms with E-state index in [4.69, 9.17) is 5.11 Å². The van der Waals surface area contributed by atoms with E-state index >= 15 is 0 Å². The summed E-state index contributed by atoms with van der Waals surface area (Å²) in [6.07, 6.45) is 3.40. The number of pyridine rings is 1. The molecule has 1 amide bonds. The van der Waals surface area contributed by atoms with Crippen LogP contribution in [-0.2, 0) is 4.79 Å². The van der Waals surface area contributed by atoms with Gasteiger partial charge in [0.15, 0.2) is 5.69 Å². The molecule has 1 N–H and O–H groups in total. The van der Waals surface area contributed by atoms with Crippen LogP contribution in [0.5, 0.6) is 0 Å². The quantitative estimate of drug-likeness (QED) is 0.865. The molecule has 1 aliphatic heterocycles. The summed E-state index contributed by atoms with van der Waals surface area (Å²) in [6.45, 7) is 2.41. The maximum absolute atomic E-state index is 12.3. The van der Waals surface area contributed by atoms with Crippen molar-refractivity contribution in [2.75, 3.05) is 31.1 Å². The van der Waals surface area contributed by atoms with Gasteiger partial charge in [0.2, 0.25) is 5.91 Å². The van der Waals surface area contributed by atoms with Crippen molar-refractivity contribution in [3.05, 3.63) is 65.9 Å². The minimum absolute atomic E-state index is 0.0178. The Labute approximate surface area is 146 Å².